The van der Waals surface area contributed by atoms with Crippen LogP contribution in [0.25, 0.3) is 10.9 Å². The van der Waals surface area contributed by atoms with Crippen molar-refractivity contribution in [3.05, 3.63) is 71.0 Å². The maximum atomic E-state index is 13.7. The maximum Gasteiger partial charge on any atom is 0.153 e. The number of nitrogens with zero attached hydrogens (tertiary/aromatic N) is 6. The normalized spacial score (nSPS) is 14.0. The topological polar surface area (TPSA) is 82.2 Å². The number of anilines is 4. The van der Waals surface area contributed by atoms with Crippen LogP contribution in [-0.2, 0) is 11.3 Å². The average molecular weight is 520 g/mol. The van der Waals surface area contributed by atoms with Crippen molar-refractivity contribution in [2.75, 3.05) is 50.1 Å². The smallest absolute Gasteiger partial charge is 0.153 e. The number of imidazole rings is 1. The predicted molar refractivity (Wildman–Crippen MR) is 143 cm³/mol. The summed E-state index contributed by atoms with van der Waals surface area (Å²) in [7, 11) is 1.97. The molecule has 1 aliphatic heterocycles. The zero-order valence-electron chi connectivity index (χ0n) is 20.7. The number of aromatic nitrogens is 3. The van der Waals surface area contributed by atoms with Crippen LogP contribution in [0.5, 0.6) is 0 Å². The van der Waals surface area contributed by atoms with Crippen molar-refractivity contribution in [3.8, 4) is 6.07 Å². The van der Waals surface area contributed by atoms with E-state index in [1.165, 1.54) is 18.3 Å². The van der Waals surface area contributed by atoms with Crippen LogP contribution in [-0.4, -0.2) is 59.3 Å². The van der Waals surface area contributed by atoms with Gasteiger partial charge in [0.15, 0.2) is 5.82 Å². The van der Waals surface area contributed by atoms with Gasteiger partial charge in [0, 0.05) is 56.2 Å². The Kier molecular flexibility index (Phi) is 7.24. The van der Waals surface area contributed by atoms with E-state index in [4.69, 9.17) is 16.3 Å². The van der Waals surface area contributed by atoms with Crippen LogP contribution in [0.3, 0.4) is 0 Å². The molecular formula is C27H27ClFN7O. The quantitative estimate of drug-likeness (QED) is 0.357. The van der Waals surface area contributed by atoms with Gasteiger partial charge in [-0.25, -0.2) is 9.37 Å². The summed E-state index contributed by atoms with van der Waals surface area (Å²) in [6.07, 6.45) is 3.41. The average Bonchev–Trinajstić information content (AvgIpc) is 3.29. The van der Waals surface area contributed by atoms with Gasteiger partial charge >= 0.3 is 0 Å². The van der Waals surface area contributed by atoms with E-state index in [2.05, 4.69) is 37.7 Å². The van der Waals surface area contributed by atoms with Gasteiger partial charge in [-0.15, -0.1) is 0 Å². The molecule has 37 heavy (non-hydrogen) atoms. The monoisotopic (exact) mass is 519 g/mol. The lowest BCUT2D eigenvalue weighted by atomic mass is 10.1. The molecule has 0 aliphatic carbocycles. The fourth-order valence-electron chi connectivity index (χ4n) is 4.51. The van der Waals surface area contributed by atoms with Crippen molar-refractivity contribution < 1.29 is 9.13 Å². The SMILES string of the molecule is Cc1c(N(C)c2ccc3ncc(C#N)c(Nc4ccc(F)c(Cl)c4)c3c2)ncn1CCN1CCOCC1. The fraction of sp³-hybridized carbons (Fsp3) is 0.296. The van der Waals surface area contributed by atoms with Crippen LogP contribution >= 0.6 is 11.6 Å². The van der Waals surface area contributed by atoms with Gasteiger partial charge < -0.3 is 19.5 Å². The number of halogens is 2. The van der Waals surface area contributed by atoms with Crippen LogP contribution < -0.4 is 10.2 Å². The first-order valence-corrected chi connectivity index (χ1v) is 12.4. The van der Waals surface area contributed by atoms with E-state index in [0.717, 1.165) is 67.5 Å². The lowest BCUT2D eigenvalue weighted by Gasteiger charge is -2.26. The zero-order chi connectivity index (χ0) is 25.9. The number of fused-ring (bicyclic) bond motifs is 1. The Bertz CT molecular complexity index is 1480. The Balaban J connectivity index is 1.44. The number of rotatable bonds is 7. The molecule has 1 fully saturated rings. The highest BCUT2D eigenvalue weighted by Crippen LogP contribution is 2.34. The molecule has 0 atom stereocenters. The third-order valence-electron chi connectivity index (χ3n) is 6.70. The minimum atomic E-state index is -0.504. The molecule has 10 heteroatoms. The number of ether oxygens (including phenoxy) is 1. The molecule has 3 heterocycles. The molecule has 4 aromatic rings. The molecule has 0 unspecified atom stereocenters. The molecule has 8 nitrogen and oxygen atoms in total. The van der Waals surface area contributed by atoms with Gasteiger partial charge in [-0.3, -0.25) is 9.88 Å². The Morgan fingerprint density at radius 2 is 1.97 bits per heavy atom. The molecule has 2 aromatic heterocycles. The van der Waals surface area contributed by atoms with Gasteiger partial charge in [0.25, 0.3) is 0 Å². The van der Waals surface area contributed by atoms with Crippen molar-refractivity contribution in [2.45, 2.75) is 13.5 Å². The van der Waals surface area contributed by atoms with Gasteiger partial charge in [-0.1, -0.05) is 11.6 Å². The zero-order valence-corrected chi connectivity index (χ0v) is 21.5. The molecule has 0 spiro atoms. The number of nitrogens with one attached hydrogen (secondary N) is 1. The lowest BCUT2D eigenvalue weighted by Crippen LogP contribution is -2.38. The third kappa shape index (κ3) is 5.23. The predicted octanol–water partition coefficient (Wildman–Crippen LogP) is 5.25. The van der Waals surface area contributed by atoms with Crippen molar-refractivity contribution >= 4 is 45.4 Å². The van der Waals surface area contributed by atoms with E-state index in [1.807, 2.05) is 36.5 Å². The molecular weight excluding hydrogens is 493 g/mol. The van der Waals surface area contributed by atoms with E-state index in [-0.39, 0.29) is 5.02 Å². The van der Waals surface area contributed by atoms with Crippen LogP contribution in [0.1, 0.15) is 11.3 Å². The van der Waals surface area contributed by atoms with Crippen LogP contribution in [0.2, 0.25) is 5.02 Å². The van der Waals surface area contributed by atoms with Crippen LogP contribution in [0.15, 0.2) is 48.9 Å². The van der Waals surface area contributed by atoms with E-state index in [0.29, 0.717) is 16.9 Å². The summed E-state index contributed by atoms with van der Waals surface area (Å²) >= 11 is 5.97. The second kappa shape index (κ2) is 10.7. The second-order valence-electron chi connectivity index (χ2n) is 8.97. The van der Waals surface area contributed by atoms with Crippen molar-refractivity contribution in [1.29, 1.82) is 5.26 Å². The fourth-order valence-corrected chi connectivity index (χ4v) is 4.69. The Morgan fingerprint density at radius 1 is 1.16 bits per heavy atom. The van der Waals surface area contributed by atoms with Crippen molar-refractivity contribution in [2.24, 2.45) is 0 Å². The summed E-state index contributed by atoms with van der Waals surface area (Å²) < 4.78 is 21.3. The first kappa shape index (κ1) is 25.0. The molecule has 0 amide bonds. The first-order valence-electron chi connectivity index (χ1n) is 12.0. The molecule has 1 saturated heterocycles. The molecule has 0 radical (unpaired) electrons. The molecule has 5 rings (SSSR count). The molecule has 0 saturated carbocycles. The van der Waals surface area contributed by atoms with Crippen LogP contribution in [0.4, 0.5) is 27.3 Å². The number of hydrogen-bond donors (Lipinski definition) is 1. The van der Waals surface area contributed by atoms with E-state index < -0.39 is 5.82 Å². The van der Waals surface area contributed by atoms with Gasteiger partial charge in [0.05, 0.1) is 47.0 Å². The Labute approximate surface area is 219 Å². The first-order chi connectivity index (χ1) is 17.9. The standard InChI is InChI=1S/C27H27ClFN7O/c1-18-27(32-17-36(18)8-7-35-9-11-37-12-10-35)34(2)21-4-6-25-22(14-21)26(19(15-30)16-31-25)33-20-3-5-24(29)23(28)13-20/h3-6,13-14,16-17H,7-12H2,1-2H3,(H,31,33). The maximum absolute atomic E-state index is 13.7. The summed E-state index contributed by atoms with van der Waals surface area (Å²) in [6, 6.07) is 12.4. The lowest BCUT2D eigenvalue weighted by molar-refractivity contribution is 0.0363. The summed E-state index contributed by atoms with van der Waals surface area (Å²) in [5.74, 6) is 0.349. The number of hydrogen-bond acceptors (Lipinski definition) is 7. The van der Waals surface area contributed by atoms with Gasteiger partial charge in [-0.05, 0) is 43.3 Å². The van der Waals surface area contributed by atoms with Crippen LogP contribution in [0, 0.1) is 24.1 Å². The molecule has 1 aliphatic rings. The van der Waals surface area contributed by atoms with E-state index >= 15 is 0 Å². The molecule has 2 aromatic carbocycles. The second-order valence-corrected chi connectivity index (χ2v) is 9.38. The number of benzene rings is 2. The van der Waals surface area contributed by atoms with E-state index in [1.54, 1.807) is 6.07 Å². The van der Waals surface area contributed by atoms with Crippen molar-refractivity contribution in [3.63, 3.8) is 0 Å². The largest absolute Gasteiger partial charge is 0.379 e. The van der Waals surface area contributed by atoms with Gasteiger partial charge in [0.2, 0.25) is 0 Å². The summed E-state index contributed by atoms with van der Waals surface area (Å²) in [4.78, 5) is 13.6. The molecule has 1 N–H and O–H groups in total. The van der Waals surface area contributed by atoms with Crippen molar-refractivity contribution in [1.82, 2.24) is 19.4 Å². The van der Waals surface area contributed by atoms with Gasteiger partial charge in [-0.2, -0.15) is 5.26 Å². The Morgan fingerprint density at radius 3 is 2.73 bits per heavy atom. The summed E-state index contributed by atoms with van der Waals surface area (Å²) in [5.41, 5.74) is 4.21. The van der Waals surface area contributed by atoms with Gasteiger partial charge in [0.1, 0.15) is 11.9 Å². The molecule has 0 bridgehead atoms. The number of morpholine rings is 1. The number of pyridine rings is 1. The highest BCUT2D eigenvalue weighted by Gasteiger charge is 2.17. The summed E-state index contributed by atoms with van der Waals surface area (Å²) in [6.45, 7) is 7.35. The highest BCUT2D eigenvalue weighted by molar-refractivity contribution is 6.31. The third-order valence-corrected chi connectivity index (χ3v) is 6.99. The molecule has 190 valence electrons. The Hall–Kier alpha value is -3.71. The van der Waals surface area contributed by atoms with E-state index in [9.17, 15) is 9.65 Å². The highest BCUT2D eigenvalue weighted by atomic mass is 35.5. The summed E-state index contributed by atoms with van der Waals surface area (Å²) in [5, 5.41) is 13.7. The minimum absolute atomic E-state index is 0.00183. The number of nitriles is 1. The minimum Gasteiger partial charge on any atom is -0.379 e.